The van der Waals surface area contributed by atoms with Gasteiger partial charge in [-0.05, 0) is 148 Å². The van der Waals surface area contributed by atoms with Crippen molar-refractivity contribution in [3.05, 3.63) is 77.4 Å². The van der Waals surface area contributed by atoms with Crippen LogP contribution in [-0.4, -0.2) is 54.6 Å². The number of thioether (sulfide) groups is 1. The smallest absolute Gasteiger partial charge is 0.423 e. The number of esters is 1. The van der Waals surface area contributed by atoms with Crippen molar-refractivity contribution in [3.8, 4) is 5.75 Å². The van der Waals surface area contributed by atoms with E-state index in [9.17, 15) is 26.7 Å². The van der Waals surface area contributed by atoms with E-state index in [0.717, 1.165) is 43.5 Å². The Morgan fingerprint density at radius 2 is 1.67 bits per heavy atom. The standard InChI is InChI=1S/C26H28O2.C14H26F5NS/c1-17-8-13-24-23-11-9-19-16-20(28-25(27)18-6-4-3-5-7-18)10-12-21(19)22(23)14-15-26(17,24)2;1-3-4-5-9-20(2)10-7-12-21-11-6-8-13(15,16)14(17,18)19/h3-7,10,12,16,22-24H,1,8-9,11,13-15H2,2H3;3-12H2,1-2H3. The monoisotopic (exact) mass is 707 g/mol. The number of rotatable bonds is 14. The van der Waals surface area contributed by atoms with Gasteiger partial charge in [0.15, 0.2) is 0 Å². The molecule has 0 spiro atoms. The number of benzene rings is 2. The van der Waals surface area contributed by atoms with Crippen molar-refractivity contribution in [2.24, 2.45) is 17.3 Å². The molecule has 3 nitrogen and oxygen atoms in total. The number of carbonyl (C=O) groups is 1. The lowest BCUT2D eigenvalue weighted by atomic mass is 9.55. The van der Waals surface area contributed by atoms with Gasteiger partial charge in [-0.1, -0.05) is 63.1 Å². The summed E-state index contributed by atoms with van der Waals surface area (Å²) in [4.78, 5) is 14.6. The Balaban J connectivity index is 0.000000233. The van der Waals surface area contributed by atoms with Gasteiger partial charge in [0.2, 0.25) is 0 Å². The minimum absolute atomic E-state index is 0.108. The summed E-state index contributed by atoms with van der Waals surface area (Å²) < 4.78 is 66.6. The lowest BCUT2D eigenvalue weighted by Gasteiger charge is -2.49. The molecule has 2 fully saturated rings. The fourth-order valence-electron chi connectivity index (χ4n) is 8.09. The molecule has 4 atom stereocenters. The van der Waals surface area contributed by atoms with Crippen LogP contribution < -0.4 is 4.74 Å². The van der Waals surface area contributed by atoms with Crippen LogP contribution in [0.5, 0.6) is 5.75 Å². The second-order valence-electron chi connectivity index (χ2n) is 14.4. The Hall–Kier alpha value is -2.39. The number of fused-ring (bicyclic) bond motifs is 5. The number of allylic oxidation sites excluding steroid dienone is 1. The zero-order valence-electron chi connectivity index (χ0n) is 29.4. The van der Waals surface area contributed by atoms with E-state index in [-0.39, 0.29) is 12.4 Å². The minimum atomic E-state index is -5.42. The highest BCUT2D eigenvalue weighted by Gasteiger charge is 2.56. The van der Waals surface area contributed by atoms with Gasteiger partial charge in [0.1, 0.15) is 5.75 Å². The summed E-state index contributed by atoms with van der Waals surface area (Å²) >= 11 is 1.45. The van der Waals surface area contributed by atoms with Crippen molar-refractivity contribution in [2.45, 2.75) is 109 Å². The predicted molar refractivity (Wildman–Crippen MR) is 191 cm³/mol. The van der Waals surface area contributed by atoms with E-state index >= 15 is 0 Å². The molecule has 0 heterocycles. The molecule has 9 heteroatoms. The van der Waals surface area contributed by atoms with E-state index in [2.05, 4.69) is 37.5 Å². The van der Waals surface area contributed by atoms with Gasteiger partial charge in [0.05, 0.1) is 5.56 Å². The molecule has 0 amide bonds. The Morgan fingerprint density at radius 3 is 2.39 bits per heavy atom. The zero-order valence-corrected chi connectivity index (χ0v) is 30.2. The van der Waals surface area contributed by atoms with Crippen LogP contribution in [0.2, 0.25) is 0 Å². The average molecular weight is 708 g/mol. The molecule has 0 saturated heterocycles. The van der Waals surface area contributed by atoms with E-state index in [0.29, 0.717) is 28.4 Å². The van der Waals surface area contributed by atoms with Crippen LogP contribution in [0.15, 0.2) is 60.7 Å². The fourth-order valence-corrected chi connectivity index (χ4v) is 8.98. The van der Waals surface area contributed by atoms with Gasteiger partial charge in [0, 0.05) is 6.42 Å². The molecule has 0 N–H and O–H groups in total. The Labute approximate surface area is 294 Å². The number of alkyl halides is 5. The van der Waals surface area contributed by atoms with E-state index < -0.39 is 18.5 Å². The molecule has 0 bridgehead atoms. The van der Waals surface area contributed by atoms with Crippen molar-refractivity contribution in [1.82, 2.24) is 4.90 Å². The van der Waals surface area contributed by atoms with Gasteiger partial charge in [-0.3, -0.25) is 0 Å². The summed E-state index contributed by atoms with van der Waals surface area (Å²) in [6.45, 7) is 11.0. The number of carbonyl (C=O) groups excluding carboxylic acids is 1. The van der Waals surface area contributed by atoms with Gasteiger partial charge >= 0.3 is 18.1 Å². The minimum Gasteiger partial charge on any atom is -0.423 e. The molecule has 3 aliphatic carbocycles. The van der Waals surface area contributed by atoms with Crippen molar-refractivity contribution in [2.75, 3.05) is 31.6 Å². The van der Waals surface area contributed by atoms with Gasteiger partial charge in [-0.15, -0.1) is 0 Å². The van der Waals surface area contributed by atoms with Crippen LogP contribution in [0.3, 0.4) is 0 Å². The highest BCUT2D eigenvalue weighted by Crippen LogP contribution is 2.62. The average Bonchev–Trinajstić information content (AvgIpc) is 3.38. The van der Waals surface area contributed by atoms with E-state index in [1.807, 2.05) is 31.3 Å². The number of unbranched alkanes of at least 4 members (excludes halogenated alkanes) is 2. The second kappa shape index (κ2) is 17.7. The molecule has 0 aliphatic heterocycles. The number of nitrogens with zero attached hydrogens (tertiary/aromatic N) is 1. The third kappa shape index (κ3) is 10.3. The first-order valence-corrected chi connectivity index (χ1v) is 19.2. The van der Waals surface area contributed by atoms with Crippen molar-refractivity contribution >= 4 is 17.7 Å². The number of aryl methyl sites for hydroxylation is 1. The highest BCUT2D eigenvalue weighted by molar-refractivity contribution is 7.99. The first kappa shape index (κ1) is 39.4. The molecule has 4 unspecified atom stereocenters. The number of hydrogen-bond acceptors (Lipinski definition) is 4. The van der Waals surface area contributed by atoms with Crippen LogP contribution in [-0.2, 0) is 6.42 Å². The zero-order chi connectivity index (χ0) is 35.7. The summed E-state index contributed by atoms with van der Waals surface area (Å²) in [5, 5.41) is 0. The van der Waals surface area contributed by atoms with Gasteiger partial charge in [0.25, 0.3) is 0 Å². The predicted octanol–water partition coefficient (Wildman–Crippen LogP) is 11.5. The molecular weight excluding hydrogens is 654 g/mol. The van der Waals surface area contributed by atoms with E-state index in [1.54, 1.807) is 12.1 Å². The van der Waals surface area contributed by atoms with Crippen LogP contribution >= 0.6 is 11.8 Å². The normalized spacial score (nSPS) is 23.3. The third-order valence-electron chi connectivity index (χ3n) is 11.0. The van der Waals surface area contributed by atoms with Gasteiger partial charge in [-0.25, -0.2) is 4.79 Å². The number of ether oxygens (including phenoxy) is 1. The van der Waals surface area contributed by atoms with Gasteiger partial charge in [-0.2, -0.15) is 33.7 Å². The molecular formula is C40H54F5NO2S. The molecule has 5 rings (SSSR count). The van der Waals surface area contributed by atoms with Crippen molar-refractivity contribution < 1.29 is 31.5 Å². The van der Waals surface area contributed by atoms with Crippen molar-refractivity contribution in [1.29, 1.82) is 0 Å². The largest absolute Gasteiger partial charge is 0.453 e. The fraction of sp³-hybridized carbons (Fsp3) is 0.625. The SMILES string of the molecule is C=C1CCC2C3CCc4cc(OC(=O)c5ccccc5)ccc4C3CCC12C.CCCCCN(C)CCCSCCCC(F)(F)C(F)(F)F. The molecule has 3 aliphatic rings. The maximum absolute atomic E-state index is 12.6. The Morgan fingerprint density at radius 1 is 0.959 bits per heavy atom. The highest BCUT2D eigenvalue weighted by atomic mass is 32.2. The summed E-state index contributed by atoms with van der Waals surface area (Å²) in [7, 11) is 2.05. The van der Waals surface area contributed by atoms with Crippen LogP contribution in [0.1, 0.15) is 112 Å². The first-order valence-electron chi connectivity index (χ1n) is 18.1. The van der Waals surface area contributed by atoms with Gasteiger partial charge < -0.3 is 9.64 Å². The van der Waals surface area contributed by atoms with Crippen LogP contribution in [0.4, 0.5) is 22.0 Å². The van der Waals surface area contributed by atoms with Crippen LogP contribution in [0.25, 0.3) is 0 Å². The maximum atomic E-state index is 12.6. The molecule has 0 radical (unpaired) electrons. The number of hydrogen-bond donors (Lipinski definition) is 0. The summed E-state index contributed by atoms with van der Waals surface area (Å²) in [5.74, 6) is -0.779. The summed E-state index contributed by atoms with van der Waals surface area (Å²) in [6, 6.07) is 15.5. The second-order valence-corrected chi connectivity index (χ2v) is 15.6. The number of halogens is 5. The molecule has 272 valence electrons. The first-order chi connectivity index (χ1) is 23.3. The molecule has 49 heavy (non-hydrogen) atoms. The van der Waals surface area contributed by atoms with Crippen molar-refractivity contribution in [3.63, 3.8) is 0 Å². The summed E-state index contributed by atoms with van der Waals surface area (Å²) in [6.07, 6.45) is 5.27. The molecule has 2 aromatic rings. The third-order valence-corrected chi connectivity index (χ3v) is 12.2. The van der Waals surface area contributed by atoms with E-state index in [1.165, 1.54) is 79.8 Å². The quantitative estimate of drug-likeness (QED) is 0.0643. The molecule has 2 aromatic carbocycles. The summed E-state index contributed by atoms with van der Waals surface area (Å²) in [5.41, 5.74) is 5.32. The molecule has 0 aromatic heterocycles. The maximum Gasteiger partial charge on any atom is 0.453 e. The Bertz CT molecular complexity index is 1370. The van der Waals surface area contributed by atoms with Crippen LogP contribution in [0, 0.1) is 17.3 Å². The Kier molecular flexibility index (Phi) is 14.2. The van der Waals surface area contributed by atoms with E-state index in [4.69, 9.17) is 4.74 Å². The molecule has 2 saturated carbocycles. The topological polar surface area (TPSA) is 29.5 Å². The lowest BCUT2D eigenvalue weighted by molar-refractivity contribution is -0.284. The lowest BCUT2D eigenvalue weighted by Crippen LogP contribution is -2.40.